The van der Waals surface area contributed by atoms with E-state index in [1.807, 2.05) is 18.2 Å². The van der Waals surface area contributed by atoms with Gasteiger partial charge in [0.05, 0.1) is 40.7 Å². The third-order valence-corrected chi connectivity index (χ3v) is 5.47. The van der Waals surface area contributed by atoms with E-state index in [4.69, 9.17) is 23.4 Å². The van der Waals surface area contributed by atoms with Gasteiger partial charge in [-0.25, -0.2) is 0 Å². The van der Waals surface area contributed by atoms with Gasteiger partial charge < -0.3 is 28.7 Å². The number of carbonyl (C=O) groups is 1. The molecule has 7 nitrogen and oxygen atoms in total. The third-order valence-electron chi connectivity index (χ3n) is 4.78. The predicted molar refractivity (Wildman–Crippen MR) is 125 cm³/mol. The van der Waals surface area contributed by atoms with Crippen LogP contribution in [0.2, 0.25) is 0 Å². The summed E-state index contributed by atoms with van der Waals surface area (Å²) in [5, 5.41) is 3.04. The molecule has 168 valence electrons. The normalized spacial score (nSPS) is 11.8. The highest BCUT2D eigenvalue weighted by Crippen LogP contribution is 2.39. The van der Waals surface area contributed by atoms with Gasteiger partial charge >= 0.3 is 0 Å². The van der Waals surface area contributed by atoms with E-state index in [9.17, 15) is 4.79 Å². The molecule has 2 aromatic carbocycles. The van der Waals surface area contributed by atoms with Gasteiger partial charge in [0.1, 0.15) is 5.76 Å². The van der Waals surface area contributed by atoms with Crippen molar-refractivity contribution in [3.63, 3.8) is 0 Å². The molecule has 0 aliphatic carbocycles. The number of nitrogens with one attached hydrogen (secondary N) is 1. The van der Waals surface area contributed by atoms with Crippen LogP contribution in [0.1, 0.15) is 22.9 Å². The van der Waals surface area contributed by atoms with Crippen LogP contribution in [0.5, 0.6) is 23.0 Å². The summed E-state index contributed by atoms with van der Waals surface area (Å²) in [5.41, 5.74) is 1.56. The van der Waals surface area contributed by atoms with Crippen molar-refractivity contribution in [2.45, 2.75) is 6.04 Å². The van der Waals surface area contributed by atoms with Gasteiger partial charge in [-0.1, -0.05) is 22.0 Å². The summed E-state index contributed by atoms with van der Waals surface area (Å²) in [5.74, 6) is 2.52. The number of benzene rings is 2. The van der Waals surface area contributed by atoms with E-state index in [0.29, 0.717) is 28.8 Å². The first kappa shape index (κ1) is 23.3. The van der Waals surface area contributed by atoms with Gasteiger partial charge in [-0.15, -0.1) is 0 Å². The number of methoxy groups -OCH3 is 4. The minimum absolute atomic E-state index is 0.303. The summed E-state index contributed by atoms with van der Waals surface area (Å²) in [6, 6.07) is 12.1. The molecule has 8 heteroatoms. The summed E-state index contributed by atoms with van der Waals surface area (Å²) in [6.07, 6.45) is 4.57. The van der Waals surface area contributed by atoms with Crippen LogP contribution in [0, 0.1) is 0 Å². The molecule has 0 bridgehead atoms. The van der Waals surface area contributed by atoms with Gasteiger partial charge in [0, 0.05) is 10.5 Å². The summed E-state index contributed by atoms with van der Waals surface area (Å²) in [6.45, 7) is 0. The molecule has 0 radical (unpaired) electrons. The van der Waals surface area contributed by atoms with Crippen LogP contribution in [0.4, 0.5) is 0 Å². The highest BCUT2D eigenvalue weighted by atomic mass is 79.9. The van der Waals surface area contributed by atoms with Crippen molar-refractivity contribution >= 4 is 27.9 Å². The molecule has 0 spiro atoms. The first-order chi connectivity index (χ1) is 15.5. The maximum Gasteiger partial charge on any atom is 0.244 e. The zero-order chi connectivity index (χ0) is 23.1. The van der Waals surface area contributed by atoms with Crippen molar-refractivity contribution < 1.29 is 28.2 Å². The first-order valence-corrected chi connectivity index (χ1v) is 10.5. The van der Waals surface area contributed by atoms with Gasteiger partial charge in [-0.3, -0.25) is 4.79 Å². The fourth-order valence-corrected chi connectivity index (χ4v) is 3.75. The number of rotatable bonds is 9. The summed E-state index contributed by atoms with van der Waals surface area (Å²) < 4.78 is 27.7. The highest BCUT2D eigenvalue weighted by Gasteiger charge is 2.23. The lowest BCUT2D eigenvalue weighted by Gasteiger charge is -2.23. The second-order valence-electron chi connectivity index (χ2n) is 6.63. The zero-order valence-electron chi connectivity index (χ0n) is 18.2. The van der Waals surface area contributed by atoms with Gasteiger partial charge in [0.15, 0.2) is 23.0 Å². The number of furan rings is 1. The largest absolute Gasteiger partial charge is 0.493 e. The van der Waals surface area contributed by atoms with Crippen LogP contribution in [0.15, 0.2) is 63.7 Å². The lowest BCUT2D eigenvalue weighted by molar-refractivity contribution is -0.116. The molecule has 1 heterocycles. The van der Waals surface area contributed by atoms with E-state index in [0.717, 1.165) is 15.6 Å². The second-order valence-corrected chi connectivity index (χ2v) is 7.49. The van der Waals surface area contributed by atoms with E-state index >= 15 is 0 Å². The average molecular weight is 502 g/mol. The van der Waals surface area contributed by atoms with E-state index in [-0.39, 0.29) is 5.91 Å². The van der Waals surface area contributed by atoms with Crippen LogP contribution in [0.25, 0.3) is 6.08 Å². The number of amides is 1. The molecule has 1 unspecified atom stereocenters. The van der Waals surface area contributed by atoms with Crippen LogP contribution >= 0.6 is 15.9 Å². The lowest BCUT2D eigenvalue weighted by atomic mass is 9.97. The Balaban J connectivity index is 2.04. The fraction of sp³-hybridized carbons (Fsp3) is 0.208. The molecule has 0 aliphatic rings. The smallest absolute Gasteiger partial charge is 0.244 e. The molecule has 0 saturated heterocycles. The van der Waals surface area contributed by atoms with E-state index in [2.05, 4.69) is 21.2 Å². The molecule has 1 atom stereocenters. The van der Waals surface area contributed by atoms with Crippen molar-refractivity contribution in [3.05, 3.63) is 76.2 Å². The van der Waals surface area contributed by atoms with E-state index < -0.39 is 6.04 Å². The fourth-order valence-electron chi connectivity index (χ4n) is 3.20. The van der Waals surface area contributed by atoms with Gasteiger partial charge in [-0.05, 0) is 53.6 Å². The molecule has 0 fully saturated rings. The Morgan fingerprint density at radius 1 is 0.938 bits per heavy atom. The molecular formula is C24H24BrNO6. The van der Waals surface area contributed by atoms with Crippen LogP contribution in [-0.2, 0) is 4.79 Å². The molecule has 3 rings (SSSR count). The number of halogens is 1. The lowest BCUT2D eigenvalue weighted by Crippen LogP contribution is -2.28. The highest BCUT2D eigenvalue weighted by molar-refractivity contribution is 9.10. The number of carbonyl (C=O) groups excluding carboxylic acids is 1. The van der Waals surface area contributed by atoms with E-state index in [1.165, 1.54) is 6.08 Å². The van der Waals surface area contributed by atoms with Crippen LogP contribution in [0.3, 0.4) is 0 Å². The topological polar surface area (TPSA) is 79.2 Å². The second kappa shape index (κ2) is 10.8. The quantitative estimate of drug-likeness (QED) is 0.415. The predicted octanol–water partition coefficient (Wildman–Crippen LogP) is 5.00. The summed E-state index contributed by atoms with van der Waals surface area (Å²) >= 11 is 3.60. The Morgan fingerprint density at radius 2 is 1.59 bits per heavy atom. The maximum atomic E-state index is 12.8. The molecule has 32 heavy (non-hydrogen) atoms. The summed E-state index contributed by atoms with van der Waals surface area (Å²) in [7, 11) is 6.26. The Morgan fingerprint density at radius 3 is 2.22 bits per heavy atom. The molecule has 1 N–H and O–H groups in total. The minimum Gasteiger partial charge on any atom is -0.493 e. The molecule has 1 amide bonds. The number of hydrogen-bond acceptors (Lipinski definition) is 6. The standard InChI is InChI=1S/C24H24BrNO6/c1-28-19-9-7-15(12-20(19)29-2)24(26-23(27)10-8-16-6-5-11-32-16)17-13-21(30-3)22(31-4)14-18(17)25/h5-14,24H,1-4H3,(H,26,27)/b10-8+. The Kier molecular flexibility index (Phi) is 7.83. The van der Waals surface area contributed by atoms with Crippen LogP contribution < -0.4 is 24.3 Å². The SMILES string of the molecule is COc1ccc(C(NC(=O)/C=C/c2ccco2)c2cc(OC)c(OC)cc2Br)cc1OC. The number of hydrogen-bond donors (Lipinski definition) is 1. The minimum atomic E-state index is -0.530. The van der Waals surface area contributed by atoms with Crippen molar-refractivity contribution in [2.75, 3.05) is 28.4 Å². The Hall–Kier alpha value is -3.39. The monoisotopic (exact) mass is 501 g/mol. The van der Waals surface area contributed by atoms with Gasteiger partial charge in [-0.2, -0.15) is 0 Å². The Bertz CT molecular complexity index is 1090. The molecular weight excluding hydrogens is 478 g/mol. The number of ether oxygens (including phenoxy) is 4. The third kappa shape index (κ3) is 5.26. The molecule has 0 saturated carbocycles. The van der Waals surface area contributed by atoms with Gasteiger partial charge in [0.25, 0.3) is 0 Å². The van der Waals surface area contributed by atoms with Gasteiger partial charge in [0.2, 0.25) is 5.91 Å². The van der Waals surface area contributed by atoms with Crippen molar-refractivity contribution in [3.8, 4) is 23.0 Å². The molecule has 0 aliphatic heterocycles. The maximum absolute atomic E-state index is 12.8. The van der Waals surface area contributed by atoms with E-state index in [1.54, 1.807) is 65.0 Å². The van der Waals surface area contributed by atoms with Crippen molar-refractivity contribution in [1.29, 1.82) is 0 Å². The zero-order valence-corrected chi connectivity index (χ0v) is 19.8. The molecule has 1 aromatic heterocycles. The van der Waals surface area contributed by atoms with Crippen molar-refractivity contribution in [2.24, 2.45) is 0 Å². The first-order valence-electron chi connectivity index (χ1n) is 9.66. The van der Waals surface area contributed by atoms with Crippen LogP contribution in [-0.4, -0.2) is 34.3 Å². The average Bonchev–Trinajstić information content (AvgIpc) is 3.34. The Labute approximate surface area is 195 Å². The molecule has 3 aromatic rings. The summed E-state index contributed by atoms with van der Waals surface area (Å²) in [4.78, 5) is 12.8. The van der Waals surface area contributed by atoms with Crippen molar-refractivity contribution in [1.82, 2.24) is 5.32 Å².